The Hall–Kier alpha value is -1.83. The molecule has 4 N–H and O–H groups in total. The molecule has 1 aromatic rings. The number of rotatable bonds is 7. The number of halogens is 1. The topological polar surface area (TPSA) is 90.7 Å². The highest BCUT2D eigenvalue weighted by Gasteiger charge is 2.17. The van der Waals surface area contributed by atoms with Crippen molar-refractivity contribution in [1.82, 2.24) is 15.5 Å². The monoisotopic (exact) mass is 353 g/mol. The van der Waals surface area contributed by atoms with Crippen LogP contribution in [0.1, 0.15) is 0 Å². The van der Waals surface area contributed by atoms with Gasteiger partial charge in [-0.3, -0.25) is 14.5 Å². The summed E-state index contributed by atoms with van der Waals surface area (Å²) >= 11 is 6.03. The molecule has 1 aliphatic rings. The molecule has 0 unspecified atom stereocenters. The van der Waals surface area contributed by atoms with E-state index >= 15 is 0 Å². The Bertz CT molecular complexity index is 561. The van der Waals surface area contributed by atoms with E-state index in [9.17, 15) is 9.59 Å². The highest BCUT2D eigenvalue weighted by molar-refractivity contribution is 6.30. The van der Waals surface area contributed by atoms with E-state index in [4.69, 9.17) is 17.3 Å². The normalized spacial score (nSPS) is 15.2. The number of anilines is 1. The molecular formula is C16H24ClN5O2. The quantitative estimate of drug-likeness (QED) is 0.623. The number of hydrogen-bond acceptors (Lipinski definition) is 5. The Morgan fingerprint density at radius 1 is 1.12 bits per heavy atom. The third-order valence-electron chi connectivity index (χ3n) is 3.93. The van der Waals surface area contributed by atoms with E-state index in [-0.39, 0.29) is 24.9 Å². The number of benzene rings is 1. The van der Waals surface area contributed by atoms with Gasteiger partial charge in [-0.2, -0.15) is 0 Å². The predicted molar refractivity (Wildman–Crippen MR) is 95.2 cm³/mol. The van der Waals surface area contributed by atoms with Crippen molar-refractivity contribution >= 4 is 29.1 Å². The zero-order chi connectivity index (χ0) is 17.4. The van der Waals surface area contributed by atoms with E-state index in [2.05, 4.69) is 26.5 Å². The maximum Gasteiger partial charge on any atom is 0.239 e. The van der Waals surface area contributed by atoms with Crippen molar-refractivity contribution in [3.8, 4) is 0 Å². The van der Waals surface area contributed by atoms with Crippen LogP contribution in [0, 0.1) is 0 Å². The minimum atomic E-state index is -0.331. The number of carbonyl (C=O) groups excluding carboxylic acids is 2. The van der Waals surface area contributed by atoms with Crippen LogP contribution in [0.4, 0.5) is 5.69 Å². The van der Waals surface area contributed by atoms with Crippen LogP contribution < -0.4 is 21.3 Å². The third-order valence-corrected chi connectivity index (χ3v) is 4.16. The molecule has 7 nitrogen and oxygen atoms in total. The Balaban J connectivity index is 1.63. The van der Waals surface area contributed by atoms with Gasteiger partial charge in [0.1, 0.15) is 0 Å². The zero-order valence-electron chi connectivity index (χ0n) is 13.6. The summed E-state index contributed by atoms with van der Waals surface area (Å²) in [4.78, 5) is 27.2. The summed E-state index contributed by atoms with van der Waals surface area (Å²) in [6, 6.07) is 7.88. The largest absolute Gasteiger partial charge is 0.369 e. The van der Waals surface area contributed by atoms with E-state index in [0.29, 0.717) is 6.54 Å². The molecule has 8 heteroatoms. The summed E-state index contributed by atoms with van der Waals surface area (Å²) in [5, 5.41) is 5.98. The maximum absolute atomic E-state index is 11.6. The molecule has 0 saturated carbocycles. The van der Waals surface area contributed by atoms with Crippen molar-refractivity contribution in [2.45, 2.75) is 0 Å². The molecule has 2 rings (SSSR count). The number of nitrogens with one attached hydrogen (secondary N) is 2. The van der Waals surface area contributed by atoms with Gasteiger partial charge in [0.05, 0.1) is 13.1 Å². The zero-order valence-corrected chi connectivity index (χ0v) is 14.4. The lowest BCUT2D eigenvalue weighted by Gasteiger charge is -2.36. The summed E-state index contributed by atoms with van der Waals surface area (Å²) < 4.78 is 0. The Morgan fingerprint density at radius 2 is 1.88 bits per heavy atom. The smallest absolute Gasteiger partial charge is 0.239 e. The fraction of sp³-hybridized carbons (Fsp3) is 0.500. The molecule has 0 radical (unpaired) electrons. The Kier molecular flexibility index (Phi) is 7.30. The van der Waals surface area contributed by atoms with E-state index in [0.717, 1.165) is 43.4 Å². The molecule has 24 heavy (non-hydrogen) atoms. The minimum absolute atomic E-state index is 0.0292. The molecule has 1 saturated heterocycles. The van der Waals surface area contributed by atoms with E-state index < -0.39 is 0 Å². The molecule has 0 atom stereocenters. The fourth-order valence-electron chi connectivity index (χ4n) is 2.57. The standard InChI is InChI=1S/C16H24ClN5O2/c17-13-2-1-3-14(10-13)22-8-6-21(7-9-22)5-4-19-16(24)12-20-15(23)11-18/h1-3,10H,4-9,11-12,18H2,(H,19,24)(H,20,23). The van der Waals surface area contributed by atoms with Crippen molar-refractivity contribution in [3.05, 3.63) is 29.3 Å². The molecule has 0 bridgehead atoms. The van der Waals surface area contributed by atoms with Gasteiger partial charge in [0.15, 0.2) is 0 Å². The van der Waals surface area contributed by atoms with Gasteiger partial charge in [-0.1, -0.05) is 17.7 Å². The van der Waals surface area contributed by atoms with Gasteiger partial charge in [0.25, 0.3) is 0 Å². The number of amides is 2. The van der Waals surface area contributed by atoms with Gasteiger partial charge in [-0.15, -0.1) is 0 Å². The number of carbonyl (C=O) groups is 2. The minimum Gasteiger partial charge on any atom is -0.369 e. The third kappa shape index (κ3) is 5.99. The number of nitrogens with zero attached hydrogens (tertiary/aromatic N) is 2. The first-order valence-electron chi connectivity index (χ1n) is 8.05. The van der Waals surface area contributed by atoms with Crippen LogP contribution >= 0.6 is 11.6 Å². The molecule has 2 amide bonds. The highest BCUT2D eigenvalue weighted by Crippen LogP contribution is 2.20. The average molecular weight is 354 g/mol. The van der Waals surface area contributed by atoms with E-state index in [1.807, 2.05) is 18.2 Å². The van der Waals surface area contributed by atoms with Crippen molar-refractivity contribution in [3.63, 3.8) is 0 Å². The highest BCUT2D eigenvalue weighted by atomic mass is 35.5. The van der Waals surface area contributed by atoms with Gasteiger partial charge in [0, 0.05) is 50.0 Å². The van der Waals surface area contributed by atoms with Crippen LogP contribution in [0.5, 0.6) is 0 Å². The van der Waals surface area contributed by atoms with Crippen molar-refractivity contribution < 1.29 is 9.59 Å². The van der Waals surface area contributed by atoms with Gasteiger partial charge in [0.2, 0.25) is 11.8 Å². The molecule has 0 aliphatic carbocycles. The van der Waals surface area contributed by atoms with Gasteiger partial charge in [-0.25, -0.2) is 0 Å². The molecule has 1 heterocycles. The number of hydrogen-bond donors (Lipinski definition) is 3. The first-order valence-corrected chi connectivity index (χ1v) is 8.42. The van der Waals surface area contributed by atoms with Crippen LogP contribution in [0.25, 0.3) is 0 Å². The van der Waals surface area contributed by atoms with Crippen molar-refractivity contribution in [2.75, 3.05) is 57.3 Å². The molecular weight excluding hydrogens is 330 g/mol. The van der Waals surface area contributed by atoms with Gasteiger partial charge >= 0.3 is 0 Å². The van der Waals surface area contributed by atoms with Gasteiger partial charge < -0.3 is 21.3 Å². The first-order chi connectivity index (χ1) is 11.6. The maximum atomic E-state index is 11.6. The summed E-state index contributed by atoms with van der Waals surface area (Å²) in [5.41, 5.74) is 6.30. The molecule has 0 aromatic heterocycles. The van der Waals surface area contributed by atoms with Crippen molar-refractivity contribution in [1.29, 1.82) is 0 Å². The summed E-state index contributed by atoms with van der Waals surface area (Å²) in [6.07, 6.45) is 0. The molecule has 132 valence electrons. The molecule has 1 aromatic carbocycles. The lowest BCUT2D eigenvalue weighted by atomic mass is 10.2. The van der Waals surface area contributed by atoms with Crippen LogP contribution in [0.15, 0.2) is 24.3 Å². The molecule has 1 fully saturated rings. The average Bonchev–Trinajstić information content (AvgIpc) is 2.60. The Labute approximate surface area is 147 Å². The van der Waals surface area contributed by atoms with Crippen LogP contribution in [0.3, 0.4) is 0 Å². The van der Waals surface area contributed by atoms with Crippen molar-refractivity contribution in [2.24, 2.45) is 5.73 Å². The first kappa shape index (κ1) is 18.5. The molecule has 0 spiro atoms. The second kappa shape index (κ2) is 9.46. The predicted octanol–water partition coefficient (Wildman–Crippen LogP) is -0.347. The molecule has 1 aliphatic heterocycles. The Morgan fingerprint density at radius 3 is 2.54 bits per heavy atom. The lowest BCUT2D eigenvalue weighted by Crippen LogP contribution is -2.49. The van der Waals surface area contributed by atoms with Crippen LogP contribution in [0.2, 0.25) is 5.02 Å². The second-order valence-electron chi connectivity index (χ2n) is 5.64. The number of nitrogens with two attached hydrogens (primary N) is 1. The second-order valence-corrected chi connectivity index (χ2v) is 6.08. The van der Waals surface area contributed by atoms with Gasteiger partial charge in [-0.05, 0) is 18.2 Å². The van der Waals surface area contributed by atoms with E-state index in [1.54, 1.807) is 0 Å². The summed E-state index contributed by atoms with van der Waals surface area (Å²) in [6.45, 7) is 4.96. The van der Waals surface area contributed by atoms with Crippen LogP contribution in [-0.4, -0.2) is 69.1 Å². The van der Waals surface area contributed by atoms with E-state index in [1.165, 1.54) is 0 Å². The number of piperazine rings is 1. The van der Waals surface area contributed by atoms with Crippen LogP contribution in [-0.2, 0) is 9.59 Å². The SMILES string of the molecule is NCC(=O)NCC(=O)NCCN1CCN(c2cccc(Cl)c2)CC1. The fourth-order valence-corrected chi connectivity index (χ4v) is 2.75. The summed E-state index contributed by atoms with van der Waals surface area (Å²) in [7, 11) is 0. The lowest BCUT2D eigenvalue weighted by molar-refractivity contribution is -0.125. The summed E-state index contributed by atoms with van der Waals surface area (Å²) in [5.74, 6) is -0.531.